The number of carbonyl (C=O) groups is 2. The third-order valence-corrected chi connectivity index (χ3v) is 5.96. The predicted octanol–water partition coefficient (Wildman–Crippen LogP) is 4.12. The topological polar surface area (TPSA) is 76.1 Å². The van der Waals surface area contributed by atoms with Crippen LogP contribution in [-0.4, -0.2) is 41.5 Å². The fourth-order valence-electron chi connectivity index (χ4n) is 4.33. The molecule has 0 saturated carbocycles. The van der Waals surface area contributed by atoms with Crippen molar-refractivity contribution in [2.45, 2.75) is 12.5 Å². The average molecular weight is 441 g/mol. The van der Waals surface area contributed by atoms with Crippen LogP contribution in [0.15, 0.2) is 84.4 Å². The Morgan fingerprint density at radius 3 is 2.27 bits per heavy atom. The first-order chi connectivity index (χ1) is 16.1. The normalized spacial score (nSPS) is 19.0. The van der Waals surface area contributed by atoms with Crippen LogP contribution >= 0.6 is 0 Å². The first-order valence-electron chi connectivity index (χ1n) is 10.9. The molecule has 0 bridgehead atoms. The largest absolute Gasteiger partial charge is 0.507 e. The van der Waals surface area contributed by atoms with E-state index >= 15 is 0 Å². The van der Waals surface area contributed by atoms with Crippen molar-refractivity contribution in [3.8, 4) is 11.5 Å². The van der Waals surface area contributed by atoms with Gasteiger partial charge in [0.2, 0.25) is 0 Å². The maximum absolute atomic E-state index is 13.1. The summed E-state index contributed by atoms with van der Waals surface area (Å²) >= 11 is 0. The highest BCUT2D eigenvalue weighted by molar-refractivity contribution is 6.46. The summed E-state index contributed by atoms with van der Waals surface area (Å²) in [6.45, 7) is 1.22. The lowest BCUT2D eigenvalue weighted by molar-refractivity contribution is -0.139. The quantitative estimate of drug-likeness (QED) is 0.366. The Morgan fingerprint density at radius 2 is 1.55 bits per heavy atom. The third kappa shape index (κ3) is 3.96. The molecule has 1 amide bonds. The van der Waals surface area contributed by atoms with Gasteiger partial charge in [-0.1, -0.05) is 60.7 Å². The zero-order valence-corrected chi connectivity index (χ0v) is 17.9. The molecule has 3 aromatic carbocycles. The molecule has 3 aromatic rings. The minimum atomic E-state index is -0.690. The number of likely N-dealkylation sites (tertiary alicyclic amines) is 1. The summed E-state index contributed by atoms with van der Waals surface area (Å²) in [4.78, 5) is 27.8. The lowest BCUT2D eigenvalue weighted by atomic mass is 9.95. The molecule has 166 valence electrons. The second kappa shape index (κ2) is 8.82. The van der Waals surface area contributed by atoms with Crippen LogP contribution in [0.5, 0.6) is 11.5 Å². The molecule has 1 atom stereocenters. The number of amides is 1. The Balaban J connectivity index is 1.56. The Bertz CT molecular complexity index is 1220. The Labute approximate surface area is 191 Å². The number of Topliss-reactive ketones (excluding diaryl/α,β-unsaturated/α-hetero) is 1. The number of aliphatic hydroxyl groups excluding tert-OH is 1. The molecule has 0 unspecified atom stereocenters. The van der Waals surface area contributed by atoms with Crippen molar-refractivity contribution in [2.75, 3.05) is 19.8 Å². The van der Waals surface area contributed by atoms with E-state index in [1.165, 1.54) is 0 Å². The number of rotatable bonds is 5. The average Bonchev–Trinajstić information content (AvgIpc) is 3.12. The number of aliphatic hydroxyl groups is 1. The minimum absolute atomic E-state index is 0.0796. The van der Waals surface area contributed by atoms with E-state index in [2.05, 4.69) is 0 Å². The zero-order valence-electron chi connectivity index (χ0n) is 17.9. The molecular weight excluding hydrogens is 418 g/mol. The molecule has 6 nitrogen and oxygen atoms in total. The van der Waals surface area contributed by atoms with Gasteiger partial charge in [0.1, 0.15) is 19.0 Å². The molecule has 1 saturated heterocycles. The fraction of sp³-hybridized carbons (Fsp3) is 0.185. The van der Waals surface area contributed by atoms with Crippen molar-refractivity contribution < 1.29 is 24.2 Å². The number of hydrogen-bond donors (Lipinski definition) is 1. The van der Waals surface area contributed by atoms with E-state index < -0.39 is 17.7 Å². The zero-order chi connectivity index (χ0) is 22.8. The van der Waals surface area contributed by atoms with Crippen molar-refractivity contribution >= 4 is 17.4 Å². The van der Waals surface area contributed by atoms with Crippen LogP contribution in [-0.2, 0) is 16.0 Å². The van der Waals surface area contributed by atoms with Gasteiger partial charge >= 0.3 is 0 Å². The number of hydrogen-bond acceptors (Lipinski definition) is 5. The molecular formula is C27H23NO5. The van der Waals surface area contributed by atoms with Crippen molar-refractivity contribution in [3.63, 3.8) is 0 Å². The summed E-state index contributed by atoms with van der Waals surface area (Å²) in [6.07, 6.45) is 0.598. The van der Waals surface area contributed by atoms with Crippen LogP contribution < -0.4 is 9.47 Å². The molecule has 5 rings (SSSR count). The summed E-state index contributed by atoms with van der Waals surface area (Å²) < 4.78 is 11.2. The van der Waals surface area contributed by atoms with E-state index in [9.17, 15) is 14.7 Å². The van der Waals surface area contributed by atoms with E-state index in [0.717, 1.165) is 11.1 Å². The second-order valence-corrected chi connectivity index (χ2v) is 8.00. The molecule has 0 radical (unpaired) electrons. The molecule has 1 fully saturated rings. The molecule has 0 aromatic heterocycles. The lowest BCUT2D eigenvalue weighted by Gasteiger charge is -2.25. The molecule has 33 heavy (non-hydrogen) atoms. The number of carbonyl (C=O) groups excluding carboxylic acids is 2. The van der Waals surface area contributed by atoms with Gasteiger partial charge in [0.05, 0.1) is 11.6 Å². The first kappa shape index (κ1) is 20.8. The van der Waals surface area contributed by atoms with Crippen LogP contribution in [0, 0.1) is 0 Å². The molecule has 2 aliphatic rings. The highest BCUT2D eigenvalue weighted by Gasteiger charge is 2.45. The molecule has 0 spiro atoms. The summed E-state index contributed by atoms with van der Waals surface area (Å²) in [5.74, 6) is -0.440. The fourth-order valence-corrected chi connectivity index (χ4v) is 4.33. The van der Waals surface area contributed by atoms with Gasteiger partial charge < -0.3 is 19.5 Å². The van der Waals surface area contributed by atoms with Crippen molar-refractivity contribution in [2.24, 2.45) is 0 Å². The summed E-state index contributed by atoms with van der Waals surface area (Å²) in [6, 6.07) is 23.5. The standard InChI is InChI=1S/C27H23NO5/c29-25(20-11-12-21-22(17-20)33-16-15-32-21)23-24(19-9-5-2-6-10-19)28(27(31)26(23)30)14-13-18-7-3-1-4-8-18/h1-12,17,24,29H,13-16H2/t24-/m0/s1. The molecule has 2 heterocycles. The van der Waals surface area contributed by atoms with Gasteiger partial charge in [-0.25, -0.2) is 0 Å². The van der Waals surface area contributed by atoms with Crippen LogP contribution in [0.2, 0.25) is 0 Å². The van der Waals surface area contributed by atoms with Gasteiger partial charge in [0.25, 0.3) is 11.7 Å². The number of ether oxygens (including phenoxy) is 2. The summed E-state index contributed by atoms with van der Waals surface area (Å²) in [5, 5.41) is 11.2. The number of nitrogens with zero attached hydrogens (tertiary/aromatic N) is 1. The maximum Gasteiger partial charge on any atom is 0.295 e. The smallest absolute Gasteiger partial charge is 0.295 e. The predicted molar refractivity (Wildman–Crippen MR) is 123 cm³/mol. The summed E-state index contributed by atoms with van der Waals surface area (Å²) in [7, 11) is 0. The number of ketones is 1. The minimum Gasteiger partial charge on any atom is -0.507 e. The molecule has 2 aliphatic heterocycles. The van der Waals surface area contributed by atoms with E-state index in [1.54, 1.807) is 23.1 Å². The van der Waals surface area contributed by atoms with Gasteiger partial charge in [0.15, 0.2) is 11.5 Å². The van der Waals surface area contributed by atoms with E-state index in [0.29, 0.717) is 43.2 Å². The maximum atomic E-state index is 13.1. The SMILES string of the molecule is O=C1C(=O)N(CCc2ccccc2)[C@@H](c2ccccc2)C1=C(O)c1ccc2c(c1)OCCO2. The Kier molecular flexibility index (Phi) is 5.57. The van der Waals surface area contributed by atoms with Crippen molar-refractivity contribution in [3.05, 3.63) is 101 Å². The van der Waals surface area contributed by atoms with Gasteiger partial charge in [0, 0.05) is 12.1 Å². The van der Waals surface area contributed by atoms with Gasteiger partial charge in [-0.05, 0) is 35.7 Å². The van der Waals surface area contributed by atoms with Gasteiger partial charge in [-0.2, -0.15) is 0 Å². The van der Waals surface area contributed by atoms with Crippen LogP contribution in [0.1, 0.15) is 22.7 Å². The van der Waals surface area contributed by atoms with Crippen LogP contribution in [0.3, 0.4) is 0 Å². The monoisotopic (exact) mass is 441 g/mol. The van der Waals surface area contributed by atoms with Crippen molar-refractivity contribution in [1.29, 1.82) is 0 Å². The second-order valence-electron chi connectivity index (χ2n) is 8.00. The number of fused-ring (bicyclic) bond motifs is 1. The Morgan fingerprint density at radius 1 is 0.879 bits per heavy atom. The lowest BCUT2D eigenvalue weighted by Crippen LogP contribution is -2.31. The van der Waals surface area contributed by atoms with Gasteiger partial charge in [-0.15, -0.1) is 0 Å². The van der Waals surface area contributed by atoms with Crippen LogP contribution in [0.25, 0.3) is 5.76 Å². The van der Waals surface area contributed by atoms with Crippen molar-refractivity contribution in [1.82, 2.24) is 4.90 Å². The molecule has 0 aliphatic carbocycles. The summed E-state index contributed by atoms with van der Waals surface area (Å²) in [5.41, 5.74) is 2.32. The highest BCUT2D eigenvalue weighted by atomic mass is 16.6. The third-order valence-electron chi connectivity index (χ3n) is 5.96. The highest BCUT2D eigenvalue weighted by Crippen LogP contribution is 2.41. The van der Waals surface area contributed by atoms with E-state index in [4.69, 9.17) is 9.47 Å². The van der Waals surface area contributed by atoms with E-state index in [-0.39, 0.29) is 11.3 Å². The van der Waals surface area contributed by atoms with Gasteiger partial charge in [-0.3, -0.25) is 9.59 Å². The number of benzene rings is 3. The van der Waals surface area contributed by atoms with E-state index in [1.807, 2.05) is 60.7 Å². The first-order valence-corrected chi connectivity index (χ1v) is 10.9. The Hall–Kier alpha value is -4.06. The molecule has 6 heteroatoms. The molecule has 1 N–H and O–H groups in total. The van der Waals surface area contributed by atoms with Crippen LogP contribution in [0.4, 0.5) is 0 Å².